The Hall–Kier alpha value is -4.70. The van der Waals surface area contributed by atoms with Crippen LogP contribution < -0.4 is 0 Å². The van der Waals surface area contributed by atoms with Gasteiger partial charge in [-0.25, -0.2) is 9.97 Å². The van der Waals surface area contributed by atoms with Gasteiger partial charge in [0.2, 0.25) is 0 Å². The number of benzene rings is 4. The van der Waals surface area contributed by atoms with Crippen LogP contribution in [0.15, 0.2) is 114 Å². The maximum atomic E-state index is 8.46. The molecule has 0 radical (unpaired) electrons. The minimum atomic E-state index is -0.709. The van der Waals surface area contributed by atoms with Crippen molar-refractivity contribution in [3.63, 3.8) is 0 Å². The molecular weight excluding hydrogens is 454 g/mol. The molecule has 3 heterocycles. The number of fused-ring (bicyclic) bond motifs is 4. The van der Waals surface area contributed by atoms with E-state index in [4.69, 9.17) is 15.8 Å². The highest BCUT2D eigenvalue weighted by atomic mass is 16.3. The molecule has 0 fully saturated rings. The van der Waals surface area contributed by atoms with Crippen LogP contribution in [0.4, 0.5) is 0 Å². The molecule has 0 saturated heterocycles. The predicted molar refractivity (Wildman–Crippen MR) is 151 cm³/mol. The first-order valence-corrected chi connectivity index (χ1v) is 12.4. The molecule has 178 valence electrons. The molecule has 4 nitrogen and oxygen atoms in total. The zero-order chi connectivity index (χ0) is 25.9. The lowest BCUT2D eigenvalue weighted by Crippen LogP contribution is -1.97. The molecule has 7 rings (SSSR count). The summed E-state index contributed by atoms with van der Waals surface area (Å²) >= 11 is 0. The summed E-state index contributed by atoms with van der Waals surface area (Å²) in [5.74, 6) is 0.0639. The molecule has 0 spiro atoms. The number of rotatable bonds is 4. The zero-order valence-electron chi connectivity index (χ0n) is 21.6. The summed E-state index contributed by atoms with van der Waals surface area (Å²) in [6, 6.07) is 34.9. The van der Waals surface area contributed by atoms with Gasteiger partial charge < -0.3 is 4.42 Å². The lowest BCUT2D eigenvalue weighted by molar-refractivity contribution is 0.667. The first kappa shape index (κ1) is 20.5. The van der Waals surface area contributed by atoms with E-state index in [0.717, 1.165) is 61.2 Å². The predicted octanol–water partition coefficient (Wildman–Crippen LogP) is 8.78. The summed E-state index contributed by atoms with van der Waals surface area (Å²) in [5.41, 5.74) is 8.12. The van der Waals surface area contributed by atoms with Gasteiger partial charge in [0, 0.05) is 29.6 Å². The van der Waals surface area contributed by atoms with E-state index >= 15 is 0 Å². The molecule has 0 bridgehead atoms. The van der Waals surface area contributed by atoms with Gasteiger partial charge in [0.1, 0.15) is 11.2 Å². The van der Waals surface area contributed by atoms with Gasteiger partial charge in [0.05, 0.1) is 11.1 Å². The lowest BCUT2D eigenvalue weighted by atomic mass is 10.0. The largest absolute Gasteiger partial charge is 0.455 e. The second kappa shape index (κ2) is 8.45. The van der Waals surface area contributed by atoms with E-state index in [0.29, 0.717) is 5.65 Å². The van der Waals surface area contributed by atoms with Gasteiger partial charge in [0.25, 0.3) is 0 Å². The fraction of sp³-hybridized carbons (Fsp3) is 0.0909. The third kappa shape index (κ3) is 3.53. The van der Waals surface area contributed by atoms with E-state index in [1.807, 2.05) is 74.6 Å². The van der Waals surface area contributed by atoms with Crippen molar-refractivity contribution >= 4 is 33.1 Å². The summed E-state index contributed by atoms with van der Waals surface area (Å²) in [6.07, 6.45) is 1.88. The fourth-order valence-electron chi connectivity index (χ4n) is 5.05. The Labute approximate surface area is 216 Å². The van der Waals surface area contributed by atoms with Gasteiger partial charge in [0.15, 0.2) is 11.5 Å². The van der Waals surface area contributed by atoms with Crippen LogP contribution in [-0.2, 0) is 0 Å². The number of furan rings is 1. The topological polar surface area (TPSA) is 43.9 Å². The van der Waals surface area contributed by atoms with Crippen molar-refractivity contribution in [2.24, 2.45) is 0 Å². The first-order valence-electron chi connectivity index (χ1n) is 12.9. The van der Waals surface area contributed by atoms with Crippen molar-refractivity contribution in [1.29, 1.82) is 0 Å². The van der Waals surface area contributed by atoms with E-state index < -0.39 is 5.89 Å². The minimum absolute atomic E-state index is 0.676. The molecular formula is C33H25N3O. The summed E-state index contributed by atoms with van der Waals surface area (Å²) in [6.45, 7) is 3.78. The Morgan fingerprint density at radius 3 is 2.35 bits per heavy atom. The van der Waals surface area contributed by atoms with Gasteiger partial charge in [-0.2, -0.15) is 0 Å². The van der Waals surface area contributed by atoms with Gasteiger partial charge in [-0.1, -0.05) is 86.6 Å². The molecule has 37 heavy (non-hydrogen) atoms. The Bertz CT molecular complexity index is 1950. The van der Waals surface area contributed by atoms with Crippen LogP contribution in [0.25, 0.3) is 61.3 Å². The van der Waals surface area contributed by atoms with Crippen molar-refractivity contribution in [2.75, 3.05) is 0 Å². The van der Waals surface area contributed by atoms with E-state index in [1.165, 1.54) is 0 Å². The number of hydrogen-bond acceptors (Lipinski definition) is 3. The number of nitrogens with zero attached hydrogens (tertiary/aromatic N) is 3. The lowest BCUT2D eigenvalue weighted by Gasteiger charge is -2.10. The Balaban J connectivity index is 1.51. The maximum Gasteiger partial charge on any atom is 0.178 e. The Kier molecular flexibility index (Phi) is 4.68. The number of pyridine rings is 1. The second-order valence-electron chi connectivity index (χ2n) is 9.53. The monoisotopic (exact) mass is 480 g/mol. The molecule has 0 N–H and O–H groups in total. The quantitative estimate of drug-likeness (QED) is 0.253. The smallest absolute Gasteiger partial charge is 0.178 e. The number of aromatic nitrogens is 3. The van der Waals surface area contributed by atoms with Gasteiger partial charge in [-0.15, -0.1) is 0 Å². The molecule has 0 unspecified atom stereocenters. The van der Waals surface area contributed by atoms with Gasteiger partial charge in [-0.05, 0) is 47.4 Å². The van der Waals surface area contributed by atoms with Crippen molar-refractivity contribution < 1.29 is 5.79 Å². The molecule has 4 aromatic carbocycles. The van der Waals surface area contributed by atoms with Crippen molar-refractivity contribution in [1.82, 2.24) is 14.5 Å². The van der Waals surface area contributed by atoms with Crippen LogP contribution in [0.5, 0.6) is 0 Å². The third-order valence-corrected chi connectivity index (χ3v) is 6.95. The van der Waals surface area contributed by atoms with Crippen LogP contribution in [0.1, 0.15) is 26.7 Å². The second-order valence-corrected chi connectivity index (χ2v) is 9.53. The van der Waals surface area contributed by atoms with E-state index in [2.05, 4.69) is 53.1 Å². The Morgan fingerprint density at radius 2 is 1.57 bits per heavy atom. The van der Waals surface area contributed by atoms with Gasteiger partial charge >= 0.3 is 0 Å². The summed E-state index contributed by atoms with van der Waals surface area (Å²) in [4.78, 5) is 9.80. The average molecular weight is 481 g/mol. The molecule has 0 atom stereocenters. The normalized spacial score (nSPS) is 12.4. The van der Waals surface area contributed by atoms with Crippen LogP contribution in [0.2, 0.25) is 0 Å². The van der Waals surface area contributed by atoms with E-state index in [1.54, 1.807) is 0 Å². The van der Waals surface area contributed by atoms with E-state index in [-0.39, 0.29) is 0 Å². The number of para-hydroxylation sites is 2. The fourth-order valence-corrected chi connectivity index (χ4v) is 5.05. The highest BCUT2D eigenvalue weighted by molar-refractivity contribution is 6.09. The van der Waals surface area contributed by atoms with Gasteiger partial charge in [-0.3, -0.25) is 4.57 Å². The molecule has 0 aliphatic heterocycles. The van der Waals surface area contributed by atoms with Crippen molar-refractivity contribution in [3.05, 3.63) is 115 Å². The molecule has 0 amide bonds. The van der Waals surface area contributed by atoms with E-state index in [9.17, 15) is 0 Å². The molecule has 0 aliphatic rings. The van der Waals surface area contributed by atoms with Crippen molar-refractivity contribution in [3.8, 4) is 28.2 Å². The number of imidazole rings is 1. The molecule has 3 aromatic heterocycles. The van der Waals surface area contributed by atoms with Crippen molar-refractivity contribution in [2.45, 2.75) is 19.7 Å². The minimum Gasteiger partial charge on any atom is -0.455 e. The summed E-state index contributed by atoms with van der Waals surface area (Å²) in [5, 5.41) is 2.05. The highest BCUT2D eigenvalue weighted by Crippen LogP contribution is 2.38. The standard InChI is InChI=1S/C33H25N3O/c1-21(2)23-16-17-26-27-14-9-15-28(31(27)37-30(26)19-23)33-35-32-29(36(33)25-12-7-4-8-13-25)18-24(20-34-32)22-10-5-3-6-11-22/h3-21H,1-2H3/i21D. The summed E-state index contributed by atoms with van der Waals surface area (Å²) < 4.78 is 17.1. The van der Waals surface area contributed by atoms with Crippen LogP contribution >= 0.6 is 0 Å². The van der Waals surface area contributed by atoms with Crippen LogP contribution in [0.3, 0.4) is 0 Å². The average Bonchev–Trinajstić information content (AvgIpc) is 3.51. The number of hydrogen-bond donors (Lipinski definition) is 0. The molecule has 0 saturated carbocycles. The molecule has 0 aliphatic carbocycles. The highest BCUT2D eigenvalue weighted by Gasteiger charge is 2.21. The molecule has 7 aromatic rings. The zero-order valence-corrected chi connectivity index (χ0v) is 20.6. The third-order valence-electron chi connectivity index (χ3n) is 6.95. The first-order chi connectivity index (χ1) is 18.5. The van der Waals surface area contributed by atoms with Crippen LogP contribution in [-0.4, -0.2) is 14.5 Å². The van der Waals surface area contributed by atoms with Crippen LogP contribution in [0, 0.1) is 0 Å². The maximum absolute atomic E-state index is 8.46. The SMILES string of the molecule is [2H]C(C)(C)c1ccc2c(c1)oc1c(-c3nc4ncc(-c5ccccc5)cc4n3-c3ccccc3)cccc12. The summed E-state index contributed by atoms with van der Waals surface area (Å²) in [7, 11) is 0. The molecule has 4 heteroatoms. The Morgan fingerprint density at radius 1 is 0.784 bits per heavy atom.